The minimum Gasteiger partial charge on any atom is -0.295 e. The van der Waals surface area contributed by atoms with Crippen LogP contribution < -0.4 is 0 Å². The van der Waals surface area contributed by atoms with Crippen molar-refractivity contribution in [3.05, 3.63) is 71.9 Å². The highest BCUT2D eigenvalue weighted by molar-refractivity contribution is 5.97. The molecule has 28 heavy (non-hydrogen) atoms. The molecule has 1 aromatic heterocycles. The highest BCUT2D eigenvalue weighted by atomic mass is 16.1. The van der Waals surface area contributed by atoms with Crippen LogP contribution in [0.1, 0.15) is 47.8 Å². The number of hydrogen-bond acceptors (Lipinski definition) is 3. The van der Waals surface area contributed by atoms with E-state index < -0.39 is 0 Å². The van der Waals surface area contributed by atoms with E-state index in [-0.39, 0.29) is 5.78 Å². The standard InChI is InChI=1S/C25H26N2O/c1-4-18-7-8-19(13-18)14-24-25(20-9-5-16(2)6-10-20)27-22-12-11-21(17(3)28)15-23(22)26-24/h4-6,9-12,15,18-19H,1,7-8,13-14H2,2-3H3. The molecule has 0 saturated heterocycles. The molecule has 2 aromatic carbocycles. The average molecular weight is 370 g/mol. The minimum absolute atomic E-state index is 0.0532. The van der Waals surface area contributed by atoms with Gasteiger partial charge in [-0.2, -0.15) is 0 Å². The first-order valence-electron chi connectivity index (χ1n) is 10.0. The molecule has 0 N–H and O–H groups in total. The van der Waals surface area contributed by atoms with Gasteiger partial charge in [0.25, 0.3) is 0 Å². The second-order valence-electron chi connectivity index (χ2n) is 8.02. The average Bonchev–Trinajstić information content (AvgIpc) is 3.15. The van der Waals surface area contributed by atoms with Crippen molar-refractivity contribution in [3.63, 3.8) is 0 Å². The Balaban J connectivity index is 1.80. The summed E-state index contributed by atoms with van der Waals surface area (Å²) in [6.07, 6.45) is 6.59. The van der Waals surface area contributed by atoms with Gasteiger partial charge in [-0.25, -0.2) is 9.97 Å². The molecule has 1 heterocycles. The van der Waals surface area contributed by atoms with Crippen LogP contribution in [0.2, 0.25) is 0 Å². The summed E-state index contributed by atoms with van der Waals surface area (Å²) >= 11 is 0. The van der Waals surface area contributed by atoms with Gasteiger partial charge in [-0.1, -0.05) is 35.9 Å². The zero-order valence-electron chi connectivity index (χ0n) is 16.6. The van der Waals surface area contributed by atoms with Crippen LogP contribution in [0.3, 0.4) is 0 Å². The third kappa shape index (κ3) is 3.75. The van der Waals surface area contributed by atoms with Gasteiger partial charge in [-0.15, -0.1) is 6.58 Å². The number of carbonyl (C=O) groups excluding carboxylic acids is 1. The zero-order chi connectivity index (χ0) is 19.7. The van der Waals surface area contributed by atoms with E-state index in [4.69, 9.17) is 9.97 Å². The van der Waals surface area contributed by atoms with E-state index in [1.807, 2.05) is 18.2 Å². The number of Topliss-reactive ketones (excluding diaryl/α,β-unsaturated/α-hetero) is 1. The molecule has 1 aliphatic carbocycles. The van der Waals surface area contributed by atoms with Crippen molar-refractivity contribution in [2.45, 2.75) is 39.5 Å². The molecule has 0 radical (unpaired) electrons. The molecule has 4 rings (SSSR count). The molecule has 2 atom stereocenters. The topological polar surface area (TPSA) is 42.9 Å². The Labute approximate surface area is 166 Å². The van der Waals surface area contributed by atoms with Crippen LogP contribution in [0.4, 0.5) is 0 Å². The summed E-state index contributed by atoms with van der Waals surface area (Å²) in [6.45, 7) is 7.64. The molecule has 0 amide bonds. The van der Waals surface area contributed by atoms with Crippen LogP contribution >= 0.6 is 0 Å². The van der Waals surface area contributed by atoms with E-state index in [9.17, 15) is 4.79 Å². The van der Waals surface area contributed by atoms with Crippen LogP contribution in [0, 0.1) is 18.8 Å². The number of hydrogen-bond donors (Lipinski definition) is 0. The van der Waals surface area contributed by atoms with Crippen molar-refractivity contribution in [1.29, 1.82) is 0 Å². The van der Waals surface area contributed by atoms with Crippen LogP contribution in [0.15, 0.2) is 55.1 Å². The maximum atomic E-state index is 11.8. The molecule has 2 unspecified atom stereocenters. The Hall–Kier alpha value is -2.81. The minimum atomic E-state index is 0.0532. The fourth-order valence-corrected chi connectivity index (χ4v) is 4.18. The van der Waals surface area contributed by atoms with Crippen LogP contribution in [-0.2, 0) is 6.42 Å². The summed E-state index contributed by atoms with van der Waals surface area (Å²) in [4.78, 5) is 21.7. The molecule has 142 valence electrons. The monoisotopic (exact) mass is 370 g/mol. The lowest BCUT2D eigenvalue weighted by atomic mass is 9.96. The molecule has 1 fully saturated rings. The Morgan fingerprint density at radius 3 is 2.57 bits per heavy atom. The summed E-state index contributed by atoms with van der Waals surface area (Å²) in [5.41, 5.74) is 6.65. The molecule has 1 saturated carbocycles. The number of aromatic nitrogens is 2. The maximum absolute atomic E-state index is 11.8. The molecule has 3 nitrogen and oxygen atoms in total. The highest BCUT2D eigenvalue weighted by Gasteiger charge is 2.25. The van der Waals surface area contributed by atoms with E-state index in [0.717, 1.165) is 34.4 Å². The molecule has 3 aromatic rings. The largest absolute Gasteiger partial charge is 0.295 e. The van der Waals surface area contributed by atoms with Gasteiger partial charge in [-0.05, 0) is 69.6 Å². The summed E-state index contributed by atoms with van der Waals surface area (Å²) in [5, 5.41) is 0. The van der Waals surface area contributed by atoms with E-state index in [1.54, 1.807) is 6.92 Å². The molecule has 0 aliphatic heterocycles. The van der Waals surface area contributed by atoms with Crippen LogP contribution in [0.25, 0.3) is 22.3 Å². The molecule has 0 bridgehead atoms. The normalized spacial score (nSPS) is 19.1. The van der Waals surface area contributed by atoms with Gasteiger partial charge in [0.15, 0.2) is 5.78 Å². The van der Waals surface area contributed by atoms with Gasteiger partial charge < -0.3 is 0 Å². The van der Waals surface area contributed by atoms with Crippen molar-refractivity contribution in [1.82, 2.24) is 9.97 Å². The van der Waals surface area contributed by atoms with E-state index >= 15 is 0 Å². The van der Waals surface area contributed by atoms with Crippen LogP contribution in [0.5, 0.6) is 0 Å². The van der Waals surface area contributed by atoms with Crippen molar-refractivity contribution in [3.8, 4) is 11.3 Å². The van der Waals surface area contributed by atoms with Crippen molar-refractivity contribution in [2.24, 2.45) is 11.8 Å². The Kier molecular flexibility index (Phi) is 5.08. The van der Waals surface area contributed by atoms with Crippen molar-refractivity contribution in [2.75, 3.05) is 0 Å². The van der Waals surface area contributed by atoms with Gasteiger partial charge in [0.2, 0.25) is 0 Å². The molecule has 0 spiro atoms. The van der Waals surface area contributed by atoms with Gasteiger partial charge in [-0.3, -0.25) is 4.79 Å². The van der Waals surface area contributed by atoms with Gasteiger partial charge in [0, 0.05) is 11.1 Å². The number of rotatable bonds is 5. The fraction of sp³-hybridized carbons (Fsp3) is 0.320. The second kappa shape index (κ2) is 7.67. The fourth-order valence-electron chi connectivity index (χ4n) is 4.18. The molecular weight excluding hydrogens is 344 g/mol. The number of aryl methyl sites for hydroxylation is 1. The highest BCUT2D eigenvalue weighted by Crippen LogP contribution is 2.35. The maximum Gasteiger partial charge on any atom is 0.159 e. The summed E-state index contributed by atoms with van der Waals surface area (Å²) in [7, 11) is 0. The summed E-state index contributed by atoms with van der Waals surface area (Å²) < 4.78 is 0. The third-order valence-corrected chi connectivity index (χ3v) is 5.87. The van der Waals surface area contributed by atoms with Gasteiger partial charge >= 0.3 is 0 Å². The molecule has 1 aliphatic rings. The number of ketones is 1. The molecule has 3 heteroatoms. The van der Waals surface area contributed by atoms with Crippen molar-refractivity contribution < 1.29 is 4.79 Å². The first kappa shape index (κ1) is 18.5. The first-order valence-corrected chi connectivity index (χ1v) is 10.0. The lowest BCUT2D eigenvalue weighted by Crippen LogP contribution is -2.06. The quantitative estimate of drug-likeness (QED) is 0.411. The Bertz CT molecular complexity index is 1040. The van der Waals surface area contributed by atoms with Gasteiger partial charge in [0.1, 0.15) is 0 Å². The van der Waals surface area contributed by atoms with Crippen molar-refractivity contribution >= 4 is 16.8 Å². The SMILES string of the molecule is C=CC1CCC(Cc2nc3cc(C(C)=O)ccc3nc2-c2ccc(C)cc2)C1. The van der Waals surface area contributed by atoms with Crippen LogP contribution in [-0.4, -0.2) is 15.8 Å². The third-order valence-electron chi connectivity index (χ3n) is 5.87. The zero-order valence-corrected chi connectivity index (χ0v) is 16.6. The lowest BCUT2D eigenvalue weighted by molar-refractivity contribution is 0.101. The van der Waals surface area contributed by atoms with E-state index in [0.29, 0.717) is 17.4 Å². The second-order valence-corrected chi connectivity index (χ2v) is 8.02. The lowest BCUT2D eigenvalue weighted by Gasteiger charge is -2.14. The van der Waals surface area contributed by atoms with Gasteiger partial charge in [0.05, 0.1) is 22.4 Å². The summed E-state index contributed by atoms with van der Waals surface area (Å²) in [6, 6.07) is 14.1. The number of carbonyl (C=O) groups is 1. The first-order chi connectivity index (χ1) is 13.5. The molecular formula is C25H26N2O. The number of allylic oxidation sites excluding steroid dienone is 1. The predicted octanol–water partition coefficient (Wildman–Crippen LogP) is 5.95. The number of nitrogens with zero attached hydrogens (tertiary/aromatic N) is 2. The number of benzene rings is 2. The van der Waals surface area contributed by atoms with E-state index in [1.165, 1.54) is 24.8 Å². The number of fused-ring (bicyclic) bond motifs is 1. The van der Waals surface area contributed by atoms with E-state index in [2.05, 4.69) is 43.8 Å². The Morgan fingerprint density at radius 1 is 1.11 bits per heavy atom. The smallest absolute Gasteiger partial charge is 0.159 e. The predicted molar refractivity (Wildman–Crippen MR) is 114 cm³/mol. The Morgan fingerprint density at radius 2 is 1.89 bits per heavy atom. The summed E-state index contributed by atoms with van der Waals surface area (Å²) in [5.74, 6) is 1.28.